The van der Waals surface area contributed by atoms with Gasteiger partial charge in [-0.2, -0.15) is 0 Å². The van der Waals surface area contributed by atoms with E-state index >= 15 is 0 Å². The van der Waals surface area contributed by atoms with Crippen molar-refractivity contribution in [3.8, 4) is 23.2 Å². The molecule has 0 aromatic carbocycles. The Morgan fingerprint density at radius 1 is 0.792 bits per heavy atom. The van der Waals surface area contributed by atoms with Crippen LogP contribution in [0.5, 0.6) is 0 Å². The van der Waals surface area contributed by atoms with E-state index in [-0.39, 0.29) is 0 Å². The van der Waals surface area contributed by atoms with E-state index in [0.717, 1.165) is 24.2 Å². The van der Waals surface area contributed by atoms with Crippen LogP contribution in [0, 0.1) is 0 Å². The molecule has 0 saturated heterocycles. The van der Waals surface area contributed by atoms with Gasteiger partial charge in [-0.05, 0) is 25.0 Å². The first-order valence-corrected chi connectivity index (χ1v) is 8.51. The van der Waals surface area contributed by atoms with Crippen LogP contribution in [-0.4, -0.2) is 15.0 Å². The summed E-state index contributed by atoms with van der Waals surface area (Å²) in [7, 11) is 0. The molecule has 0 N–H and O–H groups in total. The van der Waals surface area contributed by atoms with Crippen LogP contribution in [-0.2, 0) is 0 Å². The highest BCUT2D eigenvalue weighted by molar-refractivity contribution is 5.55. The van der Waals surface area contributed by atoms with E-state index in [2.05, 4.69) is 42.6 Å². The number of hydrogen-bond acceptors (Lipinski definition) is 5. The fraction of sp³-hybridized carbons (Fsp3) is 0.421. The lowest BCUT2D eigenvalue weighted by atomic mass is 10.1. The minimum atomic E-state index is 0.371. The summed E-state index contributed by atoms with van der Waals surface area (Å²) in [5.41, 5.74) is 3.28. The monoisotopic (exact) mass is 325 g/mol. The van der Waals surface area contributed by atoms with E-state index in [0.29, 0.717) is 35.0 Å². The quantitative estimate of drug-likeness (QED) is 0.605. The van der Waals surface area contributed by atoms with Gasteiger partial charge in [0, 0.05) is 11.8 Å². The standard InChI is InChI=1S/C19H23N3O2/c1-5-12(3)16-10-23-18(21-16)14-8-7-9-15(20-14)19-22-17(11-24-19)13(4)6-2/h7-13H,5-6H2,1-4H3. The first kappa shape index (κ1) is 16.4. The molecule has 0 spiro atoms. The summed E-state index contributed by atoms with van der Waals surface area (Å²) >= 11 is 0. The maximum Gasteiger partial charge on any atom is 0.245 e. The fourth-order valence-electron chi connectivity index (χ4n) is 2.35. The van der Waals surface area contributed by atoms with Gasteiger partial charge in [0.2, 0.25) is 11.8 Å². The van der Waals surface area contributed by atoms with E-state index < -0.39 is 0 Å². The van der Waals surface area contributed by atoms with Crippen molar-refractivity contribution in [3.63, 3.8) is 0 Å². The maximum atomic E-state index is 5.60. The lowest BCUT2D eigenvalue weighted by molar-refractivity contribution is 0.563. The number of hydrogen-bond donors (Lipinski definition) is 0. The predicted octanol–water partition coefficient (Wildman–Crippen LogP) is 5.42. The Bertz CT molecular complexity index is 743. The third kappa shape index (κ3) is 3.25. The Hall–Kier alpha value is -2.43. The Balaban J connectivity index is 1.89. The van der Waals surface area contributed by atoms with Crippen molar-refractivity contribution < 1.29 is 8.83 Å². The second-order valence-corrected chi connectivity index (χ2v) is 6.18. The average Bonchev–Trinajstić information content (AvgIpc) is 3.30. The van der Waals surface area contributed by atoms with Gasteiger partial charge >= 0.3 is 0 Å². The molecule has 5 heteroatoms. The zero-order valence-corrected chi connectivity index (χ0v) is 14.6. The predicted molar refractivity (Wildman–Crippen MR) is 92.6 cm³/mol. The molecule has 0 aliphatic carbocycles. The Labute approximate surface area is 142 Å². The van der Waals surface area contributed by atoms with Crippen LogP contribution in [0.2, 0.25) is 0 Å². The van der Waals surface area contributed by atoms with Crippen molar-refractivity contribution in [2.45, 2.75) is 52.4 Å². The highest BCUT2D eigenvalue weighted by atomic mass is 16.3. The second kappa shape index (κ2) is 6.99. The minimum absolute atomic E-state index is 0.371. The van der Waals surface area contributed by atoms with Crippen LogP contribution in [0.25, 0.3) is 23.2 Å². The largest absolute Gasteiger partial charge is 0.443 e. The van der Waals surface area contributed by atoms with Gasteiger partial charge in [0.25, 0.3) is 0 Å². The first-order chi connectivity index (χ1) is 11.6. The lowest BCUT2D eigenvalue weighted by Crippen LogP contribution is -1.93. The summed E-state index contributed by atoms with van der Waals surface area (Å²) < 4.78 is 11.2. The molecule has 5 nitrogen and oxygen atoms in total. The van der Waals surface area contributed by atoms with Gasteiger partial charge in [-0.15, -0.1) is 0 Å². The van der Waals surface area contributed by atoms with Crippen molar-refractivity contribution in [2.24, 2.45) is 0 Å². The lowest BCUT2D eigenvalue weighted by Gasteiger charge is -2.02. The number of aromatic nitrogens is 3. The summed E-state index contributed by atoms with van der Waals surface area (Å²) in [6.07, 6.45) is 5.47. The number of nitrogens with zero attached hydrogens (tertiary/aromatic N) is 3. The molecular formula is C19H23N3O2. The number of rotatable bonds is 6. The van der Waals surface area contributed by atoms with E-state index in [1.807, 2.05) is 18.2 Å². The van der Waals surface area contributed by atoms with E-state index in [9.17, 15) is 0 Å². The van der Waals surface area contributed by atoms with E-state index in [4.69, 9.17) is 8.83 Å². The van der Waals surface area contributed by atoms with Gasteiger partial charge < -0.3 is 8.83 Å². The second-order valence-electron chi connectivity index (χ2n) is 6.18. The molecule has 3 heterocycles. The molecule has 3 rings (SSSR count). The van der Waals surface area contributed by atoms with Crippen LogP contribution >= 0.6 is 0 Å². The third-order valence-electron chi connectivity index (χ3n) is 4.47. The fourth-order valence-corrected chi connectivity index (χ4v) is 2.35. The van der Waals surface area contributed by atoms with Gasteiger partial charge in [0.05, 0.1) is 11.4 Å². The van der Waals surface area contributed by atoms with E-state index in [1.165, 1.54) is 0 Å². The van der Waals surface area contributed by atoms with Crippen LogP contribution in [0.1, 0.15) is 63.8 Å². The van der Waals surface area contributed by atoms with Crippen molar-refractivity contribution in [3.05, 3.63) is 42.1 Å². The van der Waals surface area contributed by atoms with Gasteiger partial charge in [-0.25, -0.2) is 15.0 Å². The SMILES string of the molecule is CCC(C)c1coc(-c2cccc(-c3nc(C(C)CC)co3)n2)n1. The smallest absolute Gasteiger partial charge is 0.245 e. The molecule has 24 heavy (non-hydrogen) atoms. The van der Waals surface area contributed by atoms with Gasteiger partial charge in [-0.1, -0.05) is 33.8 Å². The molecule has 0 saturated carbocycles. The summed E-state index contributed by atoms with van der Waals surface area (Å²) in [5, 5.41) is 0. The van der Waals surface area contributed by atoms with Crippen LogP contribution in [0.3, 0.4) is 0 Å². The highest BCUT2D eigenvalue weighted by Crippen LogP contribution is 2.26. The molecule has 2 unspecified atom stereocenters. The normalized spacial score (nSPS) is 13.8. The molecular weight excluding hydrogens is 302 g/mol. The van der Waals surface area contributed by atoms with Crippen LogP contribution < -0.4 is 0 Å². The molecule has 126 valence electrons. The molecule has 0 bridgehead atoms. The topological polar surface area (TPSA) is 65.0 Å². The Kier molecular flexibility index (Phi) is 4.79. The van der Waals surface area contributed by atoms with Crippen LogP contribution in [0.15, 0.2) is 39.6 Å². The molecule has 0 aliphatic rings. The van der Waals surface area contributed by atoms with E-state index in [1.54, 1.807) is 12.5 Å². The summed E-state index contributed by atoms with van der Waals surface area (Å²) in [6, 6.07) is 5.68. The molecule has 0 amide bonds. The Morgan fingerprint density at radius 2 is 1.25 bits per heavy atom. The molecule has 3 aromatic heterocycles. The summed E-state index contributed by atoms with van der Waals surface area (Å²) in [6.45, 7) is 8.54. The highest BCUT2D eigenvalue weighted by Gasteiger charge is 2.15. The first-order valence-electron chi connectivity index (χ1n) is 8.51. The van der Waals surface area contributed by atoms with Gasteiger partial charge in [0.1, 0.15) is 23.9 Å². The zero-order chi connectivity index (χ0) is 17.1. The number of oxazole rings is 2. The van der Waals surface area contributed by atoms with Gasteiger partial charge in [-0.3, -0.25) is 0 Å². The molecule has 0 radical (unpaired) electrons. The summed E-state index contributed by atoms with van der Waals surface area (Å²) in [5.74, 6) is 1.80. The van der Waals surface area contributed by atoms with Gasteiger partial charge in [0.15, 0.2) is 0 Å². The minimum Gasteiger partial charge on any atom is -0.443 e. The van der Waals surface area contributed by atoms with Crippen molar-refractivity contribution >= 4 is 0 Å². The Morgan fingerprint density at radius 3 is 1.67 bits per heavy atom. The van der Waals surface area contributed by atoms with Crippen molar-refractivity contribution in [1.29, 1.82) is 0 Å². The van der Waals surface area contributed by atoms with Crippen molar-refractivity contribution in [1.82, 2.24) is 15.0 Å². The average molecular weight is 325 g/mol. The zero-order valence-electron chi connectivity index (χ0n) is 14.6. The third-order valence-corrected chi connectivity index (χ3v) is 4.47. The molecule has 0 fully saturated rings. The number of pyridine rings is 1. The van der Waals surface area contributed by atoms with Crippen molar-refractivity contribution in [2.75, 3.05) is 0 Å². The maximum absolute atomic E-state index is 5.60. The van der Waals surface area contributed by atoms with Crippen LogP contribution in [0.4, 0.5) is 0 Å². The molecule has 3 aromatic rings. The molecule has 0 aliphatic heterocycles. The molecule has 2 atom stereocenters. The summed E-state index contributed by atoms with van der Waals surface area (Å²) in [4.78, 5) is 13.7.